The highest BCUT2D eigenvalue weighted by molar-refractivity contribution is 6.39. The topological polar surface area (TPSA) is 86.4 Å². The number of allylic oxidation sites excluding steroid dienone is 12. The van der Waals surface area contributed by atoms with Gasteiger partial charge in [-0.2, -0.15) is 0 Å². The maximum Gasteiger partial charge on any atom is 0.119 e. The van der Waals surface area contributed by atoms with Crippen molar-refractivity contribution in [3.8, 4) is 23.0 Å². The molecule has 4 aromatic carbocycles. The fourth-order valence-corrected chi connectivity index (χ4v) is 10.8. The largest absolute Gasteiger partial charge is 1.00 e. The second-order valence-electron chi connectivity index (χ2n) is 25.4. The van der Waals surface area contributed by atoms with Gasteiger partial charge >= 0.3 is 0 Å². The molecule has 0 radical (unpaired) electrons. The highest BCUT2D eigenvalue weighted by Crippen LogP contribution is 2.40. The number of fused-ring (bicyclic) bond motifs is 4. The predicted molar refractivity (Wildman–Crippen MR) is 347 cm³/mol. The molecule has 14 heteroatoms. The van der Waals surface area contributed by atoms with Crippen LogP contribution in [-0.4, -0.2) is 146 Å². The Kier molecular flexibility index (Phi) is 25.4. The van der Waals surface area contributed by atoms with E-state index in [0.29, 0.717) is 26.4 Å². The lowest BCUT2D eigenvalue weighted by molar-refractivity contribution is -0.870. The summed E-state index contributed by atoms with van der Waals surface area (Å²) in [6, 6.07) is 33.6. The van der Waals surface area contributed by atoms with Gasteiger partial charge < -0.3 is 69.6 Å². The van der Waals surface area contributed by atoms with E-state index < -0.39 is 0 Å². The molecular formula is C72H90Cl3N7O4. The van der Waals surface area contributed by atoms with Crippen molar-refractivity contribution in [3.63, 3.8) is 0 Å². The summed E-state index contributed by atoms with van der Waals surface area (Å²) < 4.78 is 27.9. The Morgan fingerprint density at radius 1 is 0.279 bits per heavy atom. The molecule has 0 spiro atoms. The first-order valence-corrected chi connectivity index (χ1v) is 30.4. The average molecular weight is 1220 g/mol. The van der Waals surface area contributed by atoms with Gasteiger partial charge in [0.05, 0.1) is 155 Å². The Morgan fingerprint density at radius 3 is 0.733 bits per heavy atom. The maximum atomic E-state index is 6.34. The molecule has 0 atom stereocenters. The smallest absolute Gasteiger partial charge is 0.119 e. The highest BCUT2D eigenvalue weighted by atomic mass is 35.5. The van der Waals surface area contributed by atoms with Crippen molar-refractivity contribution in [2.45, 2.75) is 77.6 Å². The molecule has 8 bridgehead atoms. The van der Waals surface area contributed by atoms with Crippen LogP contribution in [0.15, 0.2) is 188 Å². The minimum absolute atomic E-state index is 0. The molecule has 458 valence electrons. The van der Waals surface area contributed by atoms with E-state index in [2.05, 4.69) is 216 Å². The highest BCUT2D eigenvalue weighted by Gasteiger charge is 2.28. The molecule has 86 heavy (non-hydrogen) atoms. The molecule has 0 aliphatic carbocycles. The Balaban J connectivity index is 0.00000394. The zero-order valence-electron chi connectivity index (χ0n) is 52.5. The molecule has 5 aliphatic heterocycles. The molecule has 0 N–H and O–H groups in total. The second-order valence-corrected chi connectivity index (χ2v) is 25.4. The summed E-state index contributed by atoms with van der Waals surface area (Å²) in [5, 5.41) is 0. The van der Waals surface area contributed by atoms with Crippen molar-refractivity contribution < 1.29 is 69.6 Å². The first kappa shape index (κ1) is 68.5. The molecule has 0 saturated carbocycles. The zero-order valence-corrected chi connectivity index (χ0v) is 54.7. The van der Waals surface area contributed by atoms with Crippen LogP contribution in [0.2, 0.25) is 0 Å². The number of halogens is 3. The van der Waals surface area contributed by atoms with E-state index in [1.54, 1.807) is 0 Å². The van der Waals surface area contributed by atoms with Crippen molar-refractivity contribution in [1.82, 2.24) is 0 Å². The molecule has 9 rings (SSSR count). The molecule has 0 fully saturated rings. The molecular weight excluding hydrogens is 1130 g/mol. The Labute approximate surface area is 532 Å². The number of hydrogen-bond donors (Lipinski definition) is 0. The van der Waals surface area contributed by atoms with Crippen LogP contribution in [0.25, 0.3) is 22.3 Å². The van der Waals surface area contributed by atoms with Gasteiger partial charge in [0.15, 0.2) is 0 Å². The predicted octanol–water partition coefficient (Wildman–Crippen LogP) is 5.65. The van der Waals surface area contributed by atoms with Crippen LogP contribution < -0.4 is 56.2 Å². The number of nitrogens with zero attached hydrogens (tertiary/aromatic N) is 7. The molecule has 5 aliphatic rings. The molecule has 11 nitrogen and oxygen atoms in total. The van der Waals surface area contributed by atoms with Crippen LogP contribution in [0.4, 0.5) is 0 Å². The summed E-state index contributed by atoms with van der Waals surface area (Å²) in [7, 11) is 19.9. The molecule has 5 heterocycles. The van der Waals surface area contributed by atoms with Crippen molar-refractivity contribution >= 4 is 45.1 Å². The van der Waals surface area contributed by atoms with E-state index in [1.807, 2.05) is 0 Å². The number of benzene rings is 4. The van der Waals surface area contributed by atoms with Crippen LogP contribution >= 0.6 is 0 Å². The Bertz CT molecular complexity index is 3260. The molecule has 0 aromatic heterocycles. The number of quaternary nitrogens is 3. The van der Waals surface area contributed by atoms with E-state index in [0.717, 1.165) is 172 Å². The van der Waals surface area contributed by atoms with E-state index in [-0.39, 0.29) is 37.2 Å². The lowest BCUT2D eigenvalue weighted by atomic mass is 9.98. The summed E-state index contributed by atoms with van der Waals surface area (Å²) in [5.41, 5.74) is 14.0. The first-order chi connectivity index (χ1) is 40.0. The van der Waals surface area contributed by atoms with Crippen molar-refractivity contribution in [3.05, 3.63) is 191 Å². The van der Waals surface area contributed by atoms with E-state index >= 15 is 0 Å². The summed E-state index contributed by atoms with van der Waals surface area (Å²) in [4.78, 5) is 22.2. The monoisotopic (exact) mass is 1220 g/mol. The number of ether oxygens (including phenoxy) is 4. The first-order valence-electron chi connectivity index (χ1n) is 30.4. The average Bonchev–Trinajstić information content (AvgIpc) is 2.23. The Hall–Kier alpha value is -6.57. The fourth-order valence-electron chi connectivity index (χ4n) is 10.8. The molecule has 4 aromatic rings. The van der Waals surface area contributed by atoms with Gasteiger partial charge in [-0.3, -0.25) is 0 Å². The number of hydrogen-bond acceptors (Lipinski definition) is 8. The maximum absolute atomic E-state index is 6.34. The van der Waals surface area contributed by atoms with Gasteiger partial charge in [-0.25, -0.2) is 20.0 Å². The van der Waals surface area contributed by atoms with E-state index in [9.17, 15) is 0 Å². The lowest BCUT2D eigenvalue weighted by Gasteiger charge is -2.23. The van der Waals surface area contributed by atoms with Crippen LogP contribution in [0, 0.1) is 0 Å². The summed E-state index contributed by atoms with van der Waals surface area (Å²) >= 11 is 0. The van der Waals surface area contributed by atoms with Gasteiger partial charge in [0, 0.05) is 41.6 Å². The molecule has 0 saturated heterocycles. The van der Waals surface area contributed by atoms with Gasteiger partial charge in [-0.05, 0) is 126 Å². The number of aliphatic imine (C=N–C) groups is 4. The van der Waals surface area contributed by atoms with Gasteiger partial charge in [0.2, 0.25) is 0 Å². The summed E-state index contributed by atoms with van der Waals surface area (Å²) in [6.45, 7) is 7.99. The van der Waals surface area contributed by atoms with Gasteiger partial charge in [-0.15, -0.1) is 0 Å². The quantitative estimate of drug-likeness (QED) is 0.0521. The van der Waals surface area contributed by atoms with Gasteiger partial charge in [0.1, 0.15) is 23.0 Å². The SMILES string of the molecule is CCCCCCCCCCOc1ccc(C2=C3C=CC(=N3)C(c3ccc(OCCC[N+](C)(C)C)cc3)=C3C=CC(=N3)C(c3ccc(OCCC[N+](C)(C)C)cc3)=C3C=CC(=N3)C(c3ccc(OCCC[N+](C)(C)C)cc3)=C3C=CC2=N3)cc1.[Cl-].[Cl-].[Cl-]. The summed E-state index contributed by atoms with van der Waals surface area (Å²) in [6.07, 6.45) is 29.9. The number of rotatable bonds is 29. The van der Waals surface area contributed by atoms with Gasteiger partial charge in [0.25, 0.3) is 0 Å². The minimum Gasteiger partial charge on any atom is -1.00 e. The minimum atomic E-state index is 0. The summed E-state index contributed by atoms with van der Waals surface area (Å²) in [5.74, 6) is 3.34. The Morgan fingerprint density at radius 2 is 0.500 bits per heavy atom. The third kappa shape index (κ3) is 19.5. The van der Waals surface area contributed by atoms with E-state index in [4.69, 9.17) is 38.9 Å². The van der Waals surface area contributed by atoms with E-state index in [1.165, 1.54) is 44.9 Å². The van der Waals surface area contributed by atoms with Gasteiger partial charge in [-0.1, -0.05) is 100 Å². The van der Waals surface area contributed by atoms with Crippen molar-refractivity contribution in [1.29, 1.82) is 0 Å². The zero-order chi connectivity index (χ0) is 58.4. The van der Waals surface area contributed by atoms with Crippen molar-refractivity contribution in [2.24, 2.45) is 20.0 Å². The molecule has 0 amide bonds. The standard InChI is InChI=1S/C72H90N7O4.3ClH/c1-11-12-13-14-15-16-17-18-49-80-57-30-22-53(23-31-57)69-61-38-40-63(73-61)70(54-24-32-58(33-25-54)81-50-19-46-77(2,3)4)65-42-44-67(75-65)72(56-28-36-60(37-29-56)83-52-21-48-79(8,9)10)68-45-43-66(76-68)71(64-41-39-62(69)74-64)55-26-34-59(35-27-55)82-51-20-47-78(5,6)7;;;/h22-45H,11-21,46-52H2,1-10H3;3*1H/q+3;;;/p-3. The lowest BCUT2D eigenvalue weighted by Crippen LogP contribution is -3.00. The van der Waals surface area contributed by atoms with Crippen LogP contribution in [-0.2, 0) is 0 Å². The van der Waals surface area contributed by atoms with Crippen molar-refractivity contribution in [2.75, 3.05) is 109 Å². The second kappa shape index (κ2) is 31.9. The van der Waals surface area contributed by atoms with Crippen LogP contribution in [0.1, 0.15) is 99.8 Å². The van der Waals surface area contributed by atoms with Crippen LogP contribution in [0.3, 0.4) is 0 Å². The third-order valence-corrected chi connectivity index (χ3v) is 15.2. The molecule has 0 unspecified atom stereocenters. The normalized spacial score (nSPS) is 15.3. The third-order valence-electron chi connectivity index (χ3n) is 15.2. The van der Waals surface area contributed by atoms with Crippen LogP contribution in [0.5, 0.6) is 23.0 Å². The number of unbranched alkanes of at least 4 members (excludes halogenated alkanes) is 7. The fraction of sp³-hybridized carbons (Fsp3) is 0.389.